The second-order valence-corrected chi connectivity index (χ2v) is 8.36. The van der Waals surface area contributed by atoms with Crippen molar-refractivity contribution in [3.8, 4) is 6.07 Å². The van der Waals surface area contributed by atoms with Crippen LogP contribution in [0, 0.1) is 34.0 Å². The van der Waals surface area contributed by atoms with Crippen LogP contribution >= 0.6 is 0 Å². The van der Waals surface area contributed by atoms with Gasteiger partial charge in [0.1, 0.15) is 5.78 Å². The quantitative estimate of drug-likeness (QED) is 0.790. The van der Waals surface area contributed by atoms with Crippen molar-refractivity contribution >= 4 is 5.78 Å². The highest BCUT2D eigenvalue weighted by molar-refractivity contribution is 5.75. The van der Waals surface area contributed by atoms with Crippen molar-refractivity contribution in [3.63, 3.8) is 0 Å². The highest BCUT2D eigenvalue weighted by Crippen LogP contribution is 2.56. The Morgan fingerprint density at radius 3 is 2.83 bits per heavy atom. The molecule has 4 heteroatoms. The van der Waals surface area contributed by atoms with E-state index in [1.807, 2.05) is 0 Å². The zero-order valence-electron chi connectivity index (χ0n) is 14.6. The molecule has 3 rings (SSSR count). The first kappa shape index (κ1) is 16.9. The number of Topliss-reactive ketones (excluding diaryl/α,β-unsaturated/α-hetero) is 1. The van der Waals surface area contributed by atoms with E-state index in [-0.39, 0.29) is 29.0 Å². The van der Waals surface area contributed by atoms with E-state index < -0.39 is 0 Å². The van der Waals surface area contributed by atoms with Gasteiger partial charge in [0.15, 0.2) is 6.29 Å². The van der Waals surface area contributed by atoms with Crippen LogP contribution < -0.4 is 0 Å². The molecule has 3 aliphatic rings. The molecule has 0 N–H and O–H groups in total. The Bertz CT molecular complexity index is 501. The first-order valence-corrected chi connectivity index (χ1v) is 9.06. The molecule has 0 unspecified atom stereocenters. The van der Waals surface area contributed by atoms with Crippen LogP contribution in [0.2, 0.25) is 0 Å². The Hall–Kier alpha value is -0.920. The molecule has 0 bridgehead atoms. The van der Waals surface area contributed by atoms with Gasteiger partial charge >= 0.3 is 0 Å². The van der Waals surface area contributed by atoms with Crippen molar-refractivity contribution in [3.05, 3.63) is 0 Å². The van der Waals surface area contributed by atoms with Crippen LogP contribution in [0.25, 0.3) is 0 Å². The minimum atomic E-state index is -0.366. The molecule has 2 aliphatic heterocycles. The van der Waals surface area contributed by atoms with E-state index >= 15 is 0 Å². The average Bonchev–Trinajstić information content (AvgIpc) is 3.10. The summed E-state index contributed by atoms with van der Waals surface area (Å²) in [5.41, 5.74) is -0.368. The maximum absolute atomic E-state index is 11.4. The van der Waals surface area contributed by atoms with Crippen LogP contribution in [0.4, 0.5) is 0 Å². The Balaban J connectivity index is 1.76. The molecular formula is C19H29NO3. The molecule has 3 fully saturated rings. The number of ether oxygens (including phenoxy) is 2. The number of rotatable bonds is 4. The maximum Gasteiger partial charge on any atom is 0.160 e. The molecule has 128 valence electrons. The molecule has 1 saturated carbocycles. The SMILES string of the molecule is CC(=O)CC[C@]1(C#N)CC[C@@H](C)[C@](C)([C@H]2C[C@@H]3CCO[C@@H]3O2)C1. The largest absolute Gasteiger partial charge is 0.352 e. The van der Waals surface area contributed by atoms with Gasteiger partial charge in [-0.3, -0.25) is 0 Å². The zero-order chi connectivity index (χ0) is 16.7. The van der Waals surface area contributed by atoms with Crippen molar-refractivity contribution < 1.29 is 14.3 Å². The third kappa shape index (κ3) is 3.06. The van der Waals surface area contributed by atoms with Gasteiger partial charge in [0.2, 0.25) is 0 Å². The second kappa shape index (κ2) is 6.18. The van der Waals surface area contributed by atoms with E-state index in [1.165, 1.54) is 0 Å². The fourth-order valence-corrected chi connectivity index (χ4v) is 4.93. The smallest absolute Gasteiger partial charge is 0.160 e. The van der Waals surface area contributed by atoms with Crippen LogP contribution in [0.5, 0.6) is 0 Å². The summed E-state index contributed by atoms with van der Waals surface area (Å²) in [6, 6.07) is 2.58. The molecule has 23 heavy (non-hydrogen) atoms. The van der Waals surface area contributed by atoms with E-state index in [1.54, 1.807) is 6.92 Å². The van der Waals surface area contributed by atoms with Gasteiger partial charge in [0, 0.05) is 12.3 Å². The van der Waals surface area contributed by atoms with Crippen LogP contribution in [-0.4, -0.2) is 24.8 Å². The summed E-state index contributed by atoms with van der Waals surface area (Å²) in [7, 11) is 0. The van der Waals surface area contributed by atoms with E-state index in [0.717, 1.165) is 38.7 Å². The Kier molecular flexibility index (Phi) is 4.55. The van der Waals surface area contributed by atoms with Crippen molar-refractivity contribution in [2.45, 2.75) is 78.1 Å². The van der Waals surface area contributed by atoms with Gasteiger partial charge in [-0.2, -0.15) is 5.26 Å². The first-order valence-electron chi connectivity index (χ1n) is 9.06. The Morgan fingerprint density at radius 2 is 2.17 bits per heavy atom. The topological polar surface area (TPSA) is 59.3 Å². The number of ketones is 1. The molecular weight excluding hydrogens is 290 g/mol. The van der Waals surface area contributed by atoms with Crippen LogP contribution in [0.1, 0.15) is 65.7 Å². The summed E-state index contributed by atoms with van der Waals surface area (Å²) < 4.78 is 12.0. The normalized spacial score (nSPS) is 46.3. The molecule has 0 aromatic carbocycles. The lowest BCUT2D eigenvalue weighted by Crippen LogP contribution is -2.47. The van der Waals surface area contributed by atoms with Crippen molar-refractivity contribution in [2.75, 3.05) is 6.61 Å². The predicted octanol–water partition coefficient (Wildman–Crippen LogP) is 3.84. The van der Waals surface area contributed by atoms with E-state index in [4.69, 9.17) is 9.47 Å². The highest BCUT2D eigenvalue weighted by atomic mass is 16.7. The van der Waals surface area contributed by atoms with Crippen molar-refractivity contribution in [2.24, 2.45) is 22.7 Å². The van der Waals surface area contributed by atoms with Gasteiger partial charge in [-0.1, -0.05) is 13.8 Å². The minimum Gasteiger partial charge on any atom is -0.352 e. The third-order valence-electron chi connectivity index (χ3n) is 6.80. The maximum atomic E-state index is 11.4. The summed E-state index contributed by atoms with van der Waals surface area (Å²) in [5.74, 6) is 1.24. The molecule has 6 atom stereocenters. The fourth-order valence-electron chi connectivity index (χ4n) is 4.93. The van der Waals surface area contributed by atoms with E-state index in [9.17, 15) is 10.1 Å². The van der Waals surface area contributed by atoms with Gasteiger partial charge in [0.05, 0.1) is 24.2 Å². The van der Waals surface area contributed by atoms with Crippen LogP contribution in [0.3, 0.4) is 0 Å². The van der Waals surface area contributed by atoms with Crippen molar-refractivity contribution in [1.82, 2.24) is 0 Å². The highest BCUT2D eigenvalue weighted by Gasteiger charge is 2.54. The molecule has 2 heterocycles. The summed E-state index contributed by atoms with van der Waals surface area (Å²) in [6.07, 6.45) is 6.29. The molecule has 0 aromatic rings. The van der Waals surface area contributed by atoms with Gasteiger partial charge in [0.25, 0.3) is 0 Å². The molecule has 0 aromatic heterocycles. The third-order valence-corrected chi connectivity index (χ3v) is 6.80. The summed E-state index contributed by atoms with van der Waals surface area (Å²) in [4.78, 5) is 11.4. The number of carbonyl (C=O) groups is 1. The Labute approximate surface area is 139 Å². The van der Waals surface area contributed by atoms with Crippen LogP contribution in [-0.2, 0) is 14.3 Å². The lowest BCUT2D eigenvalue weighted by Gasteiger charge is -2.50. The van der Waals surface area contributed by atoms with Gasteiger partial charge in [-0.25, -0.2) is 0 Å². The number of carbonyl (C=O) groups excluding carboxylic acids is 1. The summed E-state index contributed by atoms with van der Waals surface area (Å²) in [5, 5.41) is 9.85. The van der Waals surface area contributed by atoms with Crippen molar-refractivity contribution in [1.29, 1.82) is 5.26 Å². The number of hydrogen-bond acceptors (Lipinski definition) is 4. The number of nitriles is 1. The standard InChI is InChI=1S/C19H29NO3/c1-13-4-7-19(12-20,8-5-14(2)21)11-18(13,3)16-10-15-6-9-22-17(15)23-16/h13,15-17H,4-11H2,1-3H3/t13-,15+,16-,17-,18-,19-/m1/s1. The van der Waals surface area contributed by atoms with E-state index in [2.05, 4.69) is 19.9 Å². The molecule has 2 saturated heterocycles. The monoisotopic (exact) mass is 319 g/mol. The zero-order valence-corrected chi connectivity index (χ0v) is 14.6. The average molecular weight is 319 g/mol. The molecule has 4 nitrogen and oxygen atoms in total. The van der Waals surface area contributed by atoms with Gasteiger partial charge < -0.3 is 14.3 Å². The van der Waals surface area contributed by atoms with Gasteiger partial charge in [-0.05, 0) is 56.8 Å². The summed E-state index contributed by atoms with van der Waals surface area (Å²) >= 11 is 0. The number of nitrogens with zero attached hydrogens (tertiary/aromatic N) is 1. The number of fused-ring (bicyclic) bond motifs is 1. The van der Waals surface area contributed by atoms with Crippen LogP contribution in [0.15, 0.2) is 0 Å². The summed E-state index contributed by atoms with van der Waals surface area (Å²) in [6.45, 7) is 7.02. The molecule has 0 amide bonds. The number of hydrogen-bond donors (Lipinski definition) is 0. The van der Waals surface area contributed by atoms with Gasteiger partial charge in [-0.15, -0.1) is 0 Å². The second-order valence-electron chi connectivity index (χ2n) is 8.36. The lowest BCUT2D eigenvalue weighted by atomic mass is 9.55. The molecule has 0 spiro atoms. The first-order chi connectivity index (χ1) is 10.9. The predicted molar refractivity (Wildman–Crippen MR) is 86.4 cm³/mol. The lowest BCUT2D eigenvalue weighted by molar-refractivity contribution is -0.164. The molecule has 1 aliphatic carbocycles. The minimum absolute atomic E-state index is 0.00152. The Morgan fingerprint density at radius 1 is 1.39 bits per heavy atom. The fraction of sp³-hybridized carbons (Fsp3) is 0.895. The van der Waals surface area contributed by atoms with E-state index in [0.29, 0.717) is 24.7 Å². The molecule has 0 radical (unpaired) electrons.